The molecule has 5 nitrogen and oxygen atoms in total. The molecule has 6 heteroatoms. The number of hydrogen-bond donors (Lipinski definition) is 2. The number of H-pyrrole nitrogens is 1. The SMILES string of the molecule is CC(C)n1c(C(N)Cc2cnc[nH]2)nc2cc(Br)ccc21. The second kappa shape index (κ2) is 5.61. The molecule has 0 spiro atoms. The lowest BCUT2D eigenvalue weighted by atomic mass is 10.1. The Morgan fingerprint density at radius 2 is 2.19 bits per heavy atom. The molecule has 3 aromatic rings. The Kier molecular flexibility index (Phi) is 3.82. The Hall–Kier alpha value is -1.66. The smallest absolute Gasteiger partial charge is 0.127 e. The number of rotatable bonds is 4. The van der Waals surface area contributed by atoms with Crippen LogP contribution in [0, 0.1) is 0 Å². The molecule has 3 N–H and O–H groups in total. The molecule has 0 radical (unpaired) electrons. The van der Waals surface area contributed by atoms with Crippen LogP contribution >= 0.6 is 15.9 Å². The number of halogens is 1. The number of benzene rings is 1. The van der Waals surface area contributed by atoms with Gasteiger partial charge in [-0.1, -0.05) is 15.9 Å². The van der Waals surface area contributed by atoms with Crippen LogP contribution < -0.4 is 5.73 Å². The third-order valence-electron chi connectivity index (χ3n) is 3.52. The van der Waals surface area contributed by atoms with Crippen LogP contribution in [-0.2, 0) is 6.42 Å². The summed E-state index contributed by atoms with van der Waals surface area (Å²) in [6, 6.07) is 6.28. The summed E-state index contributed by atoms with van der Waals surface area (Å²) in [6.07, 6.45) is 4.17. The first-order chi connectivity index (χ1) is 10.1. The van der Waals surface area contributed by atoms with Crippen molar-refractivity contribution in [3.63, 3.8) is 0 Å². The van der Waals surface area contributed by atoms with E-state index >= 15 is 0 Å². The van der Waals surface area contributed by atoms with Crippen molar-refractivity contribution < 1.29 is 0 Å². The van der Waals surface area contributed by atoms with E-state index < -0.39 is 0 Å². The van der Waals surface area contributed by atoms with Gasteiger partial charge in [0, 0.05) is 28.8 Å². The van der Waals surface area contributed by atoms with Gasteiger partial charge in [0.2, 0.25) is 0 Å². The van der Waals surface area contributed by atoms with Crippen LogP contribution in [-0.4, -0.2) is 19.5 Å². The minimum atomic E-state index is -0.168. The molecule has 0 saturated carbocycles. The van der Waals surface area contributed by atoms with Gasteiger partial charge in [0.15, 0.2) is 0 Å². The molecule has 2 aromatic heterocycles. The van der Waals surface area contributed by atoms with Gasteiger partial charge in [0.1, 0.15) is 5.82 Å². The van der Waals surface area contributed by atoms with Crippen molar-refractivity contribution in [1.82, 2.24) is 19.5 Å². The Bertz CT molecular complexity index is 745. The van der Waals surface area contributed by atoms with E-state index in [4.69, 9.17) is 10.7 Å². The van der Waals surface area contributed by atoms with Gasteiger partial charge in [0.05, 0.1) is 23.4 Å². The molecule has 0 aliphatic heterocycles. The largest absolute Gasteiger partial charge is 0.348 e. The third-order valence-corrected chi connectivity index (χ3v) is 4.01. The predicted octanol–water partition coefficient (Wildman–Crippen LogP) is 3.35. The summed E-state index contributed by atoms with van der Waals surface area (Å²) in [5.41, 5.74) is 9.48. The molecule has 2 heterocycles. The monoisotopic (exact) mass is 347 g/mol. The van der Waals surface area contributed by atoms with Crippen LogP contribution in [0.3, 0.4) is 0 Å². The fourth-order valence-electron chi connectivity index (χ4n) is 2.62. The summed E-state index contributed by atoms with van der Waals surface area (Å²) in [6.45, 7) is 4.30. The van der Waals surface area contributed by atoms with Gasteiger partial charge >= 0.3 is 0 Å². The summed E-state index contributed by atoms with van der Waals surface area (Å²) in [5, 5.41) is 0. The van der Waals surface area contributed by atoms with E-state index in [9.17, 15) is 0 Å². The number of imidazole rings is 2. The Morgan fingerprint density at radius 3 is 2.86 bits per heavy atom. The highest BCUT2D eigenvalue weighted by atomic mass is 79.9. The molecule has 110 valence electrons. The average molecular weight is 348 g/mol. The molecule has 0 fully saturated rings. The first-order valence-electron chi connectivity index (χ1n) is 6.96. The maximum absolute atomic E-state index is 6.38. The van der Waals surface area contributed by atoms with Gasteiger partial charge in [-0.05, 0) is 32.0 Å². The zero-order valence-electron chi connectivity index (χ0n) is 12.0. The Labute approximate surface area is 131 Å². The summed E-state index contributed by atoms with van der Waals surface area (Å²) >= 11 is 3.50. The fraction of sp³-hybridized carbons (Fsp3) is 0.333. The minimum absolute atomic E-state index is 0.168. The van der Waals surface area contributed by atoms with E-state index in [-0.39, 0.29) is 6.04 Å². The summed E-state index contributed by atoms with van der Waals surface area (Å²) in [4.78, 5) is 11.9. The topological polar surface area (TPSA) is 72.5 Å². The number of aromatic amines is 1. The molecule has 0 amide bonds. The number of hydrogen-bond acceptors (Lipinski definition) is 3. The fourth-order valence-corrected chi connectivity index (χ4v) is 2.97. The van der Waals surface area contributed by atoms with Crippen molar-refractivity contribution in [2.45, 2.75) is 32.4 Å². The molecular weight excluding hydrogens is 330 g/mol. The van der Waals surface area contributed by atoms with Gasteiger partial charge in [-0.25, -0.2) is 9.97 Å². The standard InChI is InChI=1S/C15H18BrN5/c1-9(2)21-14-4-3-10(16)5-13(14)20-15(21)12(17)6-11-7-18-8-19-11/h3-5,7-9,12H,6,17H2,1-2H3,(H,18,19). The predicted molar refractivity (Wildman–Crippen MR) is 87.0 cm³/mol. The van der Waals surface area contributed by atoms with Gasteiger partial charge in [-0.15, -0.1) is 0 Å². The molecule has 1 aromatic carbocycles. The van der Waals surface area contributed by atoms with Gasteiger partial charge < -0.3 is 15.3 Å². The third kappa shape index (κ3) is 2.73. The van der Waals surface area contributed by atoms with Crippen LogP contribution in [0.25, 0.3) is 11.0 Å². The quantitative estimate of drug-likeness (QED) is 0.760. The summed E-state index contributed by atoms with van der Waals surface area (Å²) in [7, 11) is 0. The molecular formula is C15H18BrN5. The summed E-state index contributed by atoms with van der Waals surface area (Å²) < 4.78 is 3.24. The number of aromatic nitrogens is 4. The normalized spacial score (nSPS) is 13.2. The van der Waals surface area contributed by atoms with E-state index in [1.807, 2.05) is 12.1 Å². The minimum Gasteiger partial charge on any atom is -0.348 e. The first kappa shape index (κ1) is 14.3. The highest BCUT2D eigenvalue weighted by molar-refractivity contribution is 9.10. The van der Waals surface area contributed by atoms with Gasteiger partial charge in [0.25, 0.3) is 0 Å². The van der Waals surface area contributed by atoms with Gasteiger partial charge in [-0.3, -0.25) is 0 Å². The first-order valence-corrected chi connectivity index (χ1v) is 7.75. The maximum atomic E-state index is 6.38. The second-order valence-electron chi connectivity index (χ2n) is 5.45. The van der Waals surface area contributed by atoms with Crippen LogP contribution in [0.2, 0.25) is 0 Å². The molecule has 3 rings (SSSR count). The molecule has 21 heavy (non-hydrogen) atoms. The van der Waals surface area contributed by atoms with Crippen molar-refractivity contribution in [2.75, 3.05) is 0 Å². The molecule has 0 saturated heterocycles. The number of nitrogens with two attached hydrogens (primary N) is 1. The Morgan fingerprint density at radius 1 is 1.38 bits per heavy atom. The number of nitrogens with zero attached hydrogens (tertiary/aromatic N) is 3. The van der Waals surface area contributed by atoms with Crippen LogP contribution in [0.4, 0.5) is 0 Å². The van der Waals surface area contributed by atoms with E-state index in [0.717, 1.165) is 27.0 Å². The zero-order valence-corrected chi connectivity index (χ0v) is 13.6. The molecule has 1 atom stereocenters. The number of fused-ring (bicyclic) bond motifs is 1. The zero-order chi connectivity index (χ0) is 15.0. The Balaban J connectivity index is 2.06. The second-order valence-corrected chi connectivity index (χ2v) is 6.37. The van der Waals surface area contributed by atoms with Crippen LogP contribution in [0.1, 0.15) is 37.4 Å². The van der Waals surface area contributed by atoms with E-state index in [1.54, 1.807) is 12.5 Å². The lowest BCUT2D eigenvalue weighted by Gasteiger charge is -2.17. The van der Waals surface area contributed by atoms with Crippen LogP contribution in [0.5, 0.6) is 0 Å². The van der Waals surface area contributed by atoms with Crippen molar-refractivity contribution in [3.05, 3.63) is 46.7 Å². The van der Waals surface area contributed by atoms with E-state index in [2.05, 4.69) is 50.4 Å². The highest BCUT2D eigenvalue weighted by Crippen LogP contribution is 2.27. The molecule has 0 aliphatic rings. The van der Waals surface area contributed by atoms with Crippen molar-refractivity contribution in [1.29, 1.82) is 0 Å². The molecule has 1 unspecified atom stereocenters. The number of nitrogens with one attached hydrogen (secondary N) is 1. The lowest BCUT2D eigenvalue weighted by Crippen LogP contribution is -2.20. The lowest BCUT2D eigenvalue weighted by molar-refractivity contribution is 0.538. The van der Waals surface area contributed by atoms with Crippen molar-refractivity contribution in [2.24, 2.45) is 5.73 Å². The van der Waals surface area contributed by atoms with E-state index in [1.165, 1.54) is 0 Å². The average Bonchev–Trinajstić information content (AvgIpc) is 3.04. The molecule has 0 bridgehead atoms. The highest BCUT2D eigenvalue weighted by Gasteiger charge is 2.19. The van der Waals surface area contributed by atoms with Crippen molar-refractivity contribution in [3.8, 4) is 0 Å². The molecule has 0 aliphatic carbocycles. The van der Waals surface area contributed by atoms with Crippen LogP contribution in [0.15, 0.2) is 35.2 Å². The van der Waals surface area contributed by atoms with Crippen molar-refractivity contribution >= 4 is 27.0 Å². The van der Waals surface area contributed by atoms with Gasteiger partial charge in [-0.2, -0.15) is 0 Å². The van der Waals surface area contributed by atoms with E-state index in [0.29, 0.717) is 12.5 Å². The maximum Gasteiger partial charge on any atom is 0.127 e. The summed E-state index contributed by atoms with van der Waals surface area (Å²) in [5.74, 6) is 0.910.